The van der Waals surface area contributed by atoms with Crippen molar-refractivity contribution in [3.63, 3.8) is 0 Å². The number of hydrogen-bond donors (Lipinski definition) is 1. The third-order valence-electron chi connectivity index (χ3n) is 3.77. The highest BCUT2D eigenvalue weighted by molar-refractivity contribution is 5.92. The van der Waals surface area contributed by atoms with E-state index in [1.807, 2.05) is 48.5 Å². The van der Waals surface area contributed by atoms with Crippen molar-refractivity contribution in [2.24, 2.45) is 0 Å². The number of aromatic nitrogens is 1. The van der Waals surface area contributed by atoms with Gasteiger partial charge in [0, 0.05) is 11.9 Å². The van der Waals surface area contributed by atoms with Gasteiger partial charge in [-0.2, -0.15) is 0 Å². The topological polar surface area (TPSA) is 77.5 Å². The molecule has 0 saturated carbocycles. The fourth-order valence-electron chi connectivity index (χ4n) is 2.42. The molecule has 6 heteroatoms. The summed E-state index contributed by atoms with van der Waals surface area (Å²) in [6.45, 7) is -0.0425. The number of nitrogens with one attached hydrogen (secondary N) is 1. The Balaban J connectivity index is 1.52. The lowest BCUT2D eigenvalue weighted by Crippen LogP contribution is -2.28. The zero-order valence-corrected chi connectivity index (χ0v) is 14.3. The highest BCUT2D eigenvalue weighted by Crippen LogP contribution is 2.13. The number of esters is 1. The van der Waals surface area contributed by atoms with Crippen LogP contribution in [0.3, 0.4) is 0 Å². The zero-order chi connectivity index (χ0) is 18.4. The van der Waals surface area contributed by atoms with Crippen molar-refractivity contribution in [3.8, 4) is 5.75 Å². The summed E-state index contributed by atoms with van der Waals surface area (Å²) < 4.78 is 10.2. The van der Waals surface area contributed by atoms with E-state index in [0.29, 0.717) is 17.8 Å². The van der Waals surface area contributed by atoms with Gasteiger partial charge in [0.25, 0.3) is 5.91 Å². The molecule has 2 aromatic carbocycles. The smallest absolute Gasteiger partial charge is 0.357 e. The molecule has 0 spiro atoms. The number of hydrogen-bond acceptors (Lipinski definition) is 5. The van der Waals surface area contributed by atoms with Crippen LogP contribution in [-0.2, 0) is 16.1 Å². The standard InChI is InChI=1S/C20H18N2O4/c1-25-16-7-4-5-14(11-16)12-21-19(23)13-26-20(24)18-10-9-15-6-2-3-8-17(15)22-18/h2-11H,12-13H2,1H3,(H,21,23). The average molecular weight is 350 g/mol. The van der Waals surface area contributed by atoms with Crippen molar-refractivity contribution in [1.29, 1.82) is 0 Å². The van der Waals surface area contributed by atoms with Gasteiger partial charge in [0.15, 0.2) is 6.61 Å². The lowest BCUT2D eigenvalue weighted by atomic mass is 10.2. The number of benzene rings is 2. The van der Waals surface area contributed by atoms with Crippen molar-refractivity contribution in [3.05, 3.63) is 71.9 Å². The van der Waals surface area contributed by atoms with Gasteiger partial charge in [0.05, 0.1) is 12.6 Å². The van der Waals surface area contributed by atoms with E-state index in [4.69, 9.17) is 9.47 Å². The highest BCUT2D eigenvalue weighted by Gasteiger charge is 2.12. The molecule has 0 aliphatic carbocycles. The fraction of sp³-hybridized carbons (Fsp3) is 0.150. The van der Waals surface area contributed by atoms with Crippen LogP contribution in [0.15, 0.2) is 60.7 Å². The molecular weight excluding hydrogens is 332 g/mol. The van der Waals surface area contributed by atoms with Crippen LogP contribution in [-0.4, -0.2) is 30.6 Å². The summed E-state index contributed by atoms with van der Waals surface area (Å²) in [5.74, 6) is -0.306. The van der Waals surface area contributed by atoms with E-state index in [-0.39, 0.29) is 18.2 Å². The summed E-state index contributed by atoms with van der Waals surface area (Å²) in [4.78, 5) is 28.2. The maximum atomic E-state index is 12.1. The number of carbonyl (C=O) groups is 2. The maximum absolute atomic E-state index is 12.1. The number of ether oxygens (including phenoxy) is 2. The number of methoxy groups -OCH3 is 1. The molecule has 3 rings (SSSR count). The van der Waals surface area contributed by atoms with Crippen LogP contribution in [0.25, 0.3) is 10.9 Å². The first-order valence-electron chi connectivity index (χ1n) is 8.08. The molecule has 1 aromatic heterocycles. The van der Waals surface area contributed by atoms with Gasteiger partial charge in [0.2, 0.25) is 0 Å². The third kappa shape index (κ3) is 4.36. The number of rotatable bonds is 6. The lowest BCUT2D eigenvalue weighted by molar-refractivity contribution is -0.124. The molecule has 1 heterocycles. The van der Waals surface area contributed by atoms with Crippen LogP contribution < -0.4 is 10.1 Å². The summed E-state index contributed by atoms with van der Waals surface area (Å²) >= 11 is 0. The van der Waals surface area contributed by atoms with Crippen LogP contribution >= 0.6 is 0 Å². The molecule has 0 fully saturated rings. The number of para-hydroxylation sites is 1. The summed E-state index contributed by atoms with van der Waals surface area (Å²) in [7, 11) is 1.58. The Morgan fingerprint density at radius 3 is 2.73 bits per heavy atom. The number of pyridine rings is 1. The van der Waals surface area contributed by atoms with Crippen LogP contribution in [0.5, 0.6) is 5.75 Å². The molecular formula is C20H18N2O4. The van der Waals surface area contributed by atoms with Gasteiger partial charge in [-0.3, -0.25) is 4.79 Å². The highest BCUT2D eigenvalue weighted by atomic mass is 16.5. The largest absolute Gasteiger partial charge is 0.497 e. The first-order chi connectivity index (χ1) is 12.7. The van der Waals surface area contributed by atoms with Crippen molar-refractivity contribution < 1.29 is 19.1 Å². The van der Waals surface area contributed by atoms with E-state index in [9.17, 15) is 9.59 Å². The van der Waals surface area contributed by atoms with Gasteiger partial charge in [-0.05, 0) is 29.8 Å². The van der Waals surface area contributed by atoms with Crippen LogP contribution in [0.2, 0.25) is 0 Å². The van der Waals surface area contributed by atoms with Crippen molar-refractivity contribution in [2.75, 3.05) is 13.7 Å². The summed E-state index contributed by atoms with van der Waals surface area (Å²) in [6.07, 6.45) is 0. The van der Waals surface area contributed by atoms with E-state index in [0.717, 1.165) is 10.9 Å². The van der Waals surface area contributed by atoms with Crippen molar-refractivity contribution >= 4 is 22.8 Å². The van der Waals surface area contributed by atoms with Gasteiger partial charge in [-0.15, -0.1) is 0 Å². The zero-order valence-electron chi connectivity index (χ0n) is 14.3. The second kappa shape index (κ2) is 8.11. The SMILES string of the molecule is COc1cccc(CNC(=O)COC(=O)c2ccc3ccccc3n2)c1. The van der Waals surface area contributed by atoms with E-state index >= 15 is 0 Å². The molecule has 0 aliphatic heterocycles. The predicted octanol–water partition coefficient (Wildman–Crippen LogP) is 2.72. The molecule has 1 N–H and O–H groups in total. The maximum Gasteiger partial charge on any atom is 0.357 e. The second-order valence-electron chi connectivity index (χ2n) is 5.59. The number of amides is 1. The molecule has 6 nitrogen and oxygen atoms in total. The van der Waals surface area contributed by atoms with Gasteiger partial charge in [0.1, 0.15) is 11.4 Å². The van der Waals surface area contributed by atoms with E-state index in [2.05, 4.69) is 10.3 Å². The molecule has 132 valence electrons. The van der Waals surface area contributed by atoms with E-state index < -0.39 is 5.97 Å². The first kappa shape index (κ1) is 17.4. The summed E-state index contributed by atoms with van der Waals surface area (Å²) in [5, 5.41) is 3.63. The second-order valence-corrected chi connectivity index (χ2v) is 5.59. The van der Waals surface area contributed by atoms with Gasteiger partial charge >= 0.3 is 5.97 Å². The number of nitrogens with zero attached hydrogens (tertiary/aromatic N) is 1. The molecule has 0 unspecified atom stereocenters. The van der Waals surface area contributed by atoms with Crippen LogP contribution in [0.1, 0.15) is 16.1 Å². The van der Waals surface area contributed by atoms with Crippen LogP contribution in [0, 0.1) is 0 Å². The third-order valence-corrected chi connectivity index (χ3v) is 3.77. The molecule has 0 aliphatic rings. The Kier molecular flexibility index (Phi) is 5.43. The Morgan fingerprint density at radius 2 is 1.88 bits per heavy atom. The molecule has 0 bridgehead atoms. The number of fused-ring (bicyclic) bond motifs is 1. The van der Waals surface area contributed by atoms with Crippen molar-refractivity contribution in [2.45, 2.75) is 6.54 Å². The monoisotopic (exact) mass is 350 g/mol. The Hall–Kier alpha value is -3.41. The van der Waals surface area contributed by atoms with Gasteiger partial charge < -0.3 is 14.8 Å². The fourth-order valence-corrected chi connectivity index (χ4v) is 2.42. The summed E-state index contributed by atoms with van der Waals surface area (Å²) in [5.41, 5.74) is 1.76. The first-order valence-corrected chi connectivity index (χ1v) is 8.08. The minimum Gasteiger partial charge on any atom is -0.497 e. The van der Waals surface area contributed by atoms with Crippen LogP contribution in [0.4, 0.5) is 0 Å². The molecule has 0 atom stereocenters. The Bertz CT molecular complexity index is 940. The minimum atomic E-state index is -0.632. The normalized spacial score (nSPS) is 10.3. The lowest BCUT2D eigenvalue weighted by Gasteiger charge is -2.08. The Morgan fingerprint density at radius 1 is 1.04 bits per heavy atom. The van der Waals surface area contributed by atoms with Gasteiger partial charge in [-0.25, -0.2) is 9.78 Å². The quantitative estimate of drug-likeness (QED) is 0.692. The Labute approximate surface area is 150 Å². The number of carbonyl (C=O) groups excluding carboxylic acids is 2. The van der Waals surface area contributed by atoms with E-state index in [1.165, 1.54) is 0 Å². The minimum absolute atomic E-state index is 0.171. The molecule has 0 saturated heterocycles. The van der Waals surface area contributed by atoms with E-state index in [1.54, 1.807) is 19.2 Å². The molecule has 3 aromatic rings. The van der Waals surface area contributed by atoms with Gasteiger partial charge in [-0.1, -0.05) is 36.4 Å². The average Bonchev–Trinajstić information content (AvgIpc) is 2.70. The molecule has 0 radical (unpaired) electrons. The summed E-state index contributed by atoms with van der Waals surface area (Å²) in [6, 6.07) is 18.2. The molecule has 26 heavy (non-hydrogen) atoms. The molecule has 1 amide bonds. The predicted molar refractivity (Wildman–Crippen MR) is 96.9 cm³/mol. The van der Waals surface area contributed by atoms with Crippen molar-refractivity contribution in [1.82, 2.24) is 10.3 Å².